The van der Waals surface area contributed by atoms with Crippen molar-refractivity contribution < 1.29 is 9.59 Å². The van der Waals surface area contributed by atoms with Crippen LogP contribution in [-0.4, -0.2) is 11.8 Å². The molecular formula is C14H15NO2. The van der Waals surface area contributed by atoms with E-state index in [1.165, 1.54) is 17.1 Å². The SMILES string of the molecule is CCCCc1cccc(N2C(=O)C=CC2=O)c1. The van der Waals surface area contributed by atoms with Crippen LogP contribution in [0.15, 0.2) is 36.4 Å². The Balaban J connectivity index is 2.21. The third-order valence-corrected chi connectivity index (χ3v) is 2.80. The number of unbranched alkanes of at least 4 members (excludes halogenated alkanes) is 1. The Hall–Kier alpha value is -1.90. The van der Waals surface area contributed by atoms with Crippen LogP contribution in [-0.2, 0) is 16.0 Å². The first kappa shape index (κ1) is 11.6. The summed E-state index contributed by atoms with van der Waals surface area (Å²) in [5, 5.41) is 0. The molecule has 1 aliphatic heterocycles. The van der Waals surface area contributed by atoms with Gasteiger partial charge in [-0.25, -0.2) is 4.90 Å². The van der Waals surface area contributed by atoms with Crippen LogP contribution in [0.4, 0.5) is 5.69 Å². The Morgan fingerprint density at radius 1 is 1.12 bits per heavy atom. The third-order valence-electron chi connectivity index (χ3n) is 2.80. The molecule has 0 unspecified atom stereocenters. The zero-order valence-electron chi connectivity index (χ0n) is 9.85. The van der Waals surface area contributed by atoms with Gasteiger partial charge in [0.1, 0.15) is 0 Å². The molecule has 1 aromatic carbocycles. The van der Waals surface area contributed by atoms with Crippen LogP contribution in [0.5, 0.6) is 0 Å². The minimum absolute atomic E-state index is 0.261. The zero-order chi connectivity index (χ0) is 12.3. The van der Waals surface area contributed by atoms with Crippen molar-refractivity contribution in [3.05, 3.63) is 42.0 Å². The highest BCUT2D eigenvalue weighted by Crippen LogP contribution is 2.21. The first-order valence-electron chi connectivity index (χ1n) is 5.87. The Bertz CT molecular complexity index is 459. The highest BCUT2D eigenvalue weighted by molar-refractivity contribution is 6.28. The van der Waals surface area contributed by atoms with Gasteiger partial charge in [-0.3, -0.25) is 9.59 Å². The molecule has 1 heterocycles. The van der Waals surface area contributed by atoms with Crippen LogP contribution in [0.2, 0.25) is 0 Å². The summed E-state index contributed by atoms with van der Waals surface area (Å²) in [7, 11) is 0. The second-order valence-electron chi connectivity index (χ2n) is 4.12. The largest absolute Gasteiger partial charge is 0.269 e. The van der Waals surface area contributed by atoms with Crippen LogP contribution < -0.4 is 4.90 Å². The fraction of sp³-hybridized carbons (Fsp3) is 0.286. The Morgan fingerprint density at radius 2 is 1.82 bits per heavy atom. The van der Waals surface area contributed by atoms with Gasteiger partial charge in [0.05, 0.1) is 5.69 Å². The molecule has 0 atom stereocenters. The van der Waals surface area contributed by atoms with Crippen molar-refractivity contribution in [2.75, 3.05) is 4.90 Å². The lowest BCUT2D eigenvalue weighted by atomic mass is 10.1. The molecule has 88 valence electrons. The number of imide groups is 1. The minimum atomic E-state index is -0.261. The minimum Gasteiger partial charge on any atom is -0.269 e. The Kier molecular flexibility index (Phi) is 3.38. The predicted octanol–water partition coefficient (Wildman–Crippen LogP) is 2.46. The number of hydrogen-bond donors (Lipinski definition) is 0. The molecule has 17 heavy (non-hydrogen) atoms. The quantitative estimate of drug-likeness (QED) is 0.744. The second kappa shape index (κ2) is 4.95. The number of aryl methyl sites for hydroxylation is 1. The van der Waals surface area contributed by atoms with E-state index in [0.717, 1.165) is 24.8 Å². The normalized spacial score (nSPS) is 14.8. The van der Waals surface area contributed by atoms with Crippen LogP contribution in [0.1, 0.15) is 25.3 Å². The average molecular weight is 229 g/mol. The van der Waals surface area contributed by atoms with Crippen LogP contribution in [0.3, 0.4) is 0 Å². The zero-order valence-corrected chi connectivity index (χ0v) is 9.85. The molecule has 0 N–H and O–H groups in total. The van der Waals surface area contributed by atoms with Crippen molar-refractivity contribution in [2.45, 2.75) is 26.2 Å². The summed E-state index contributed by atoms with van der Waals surface area (Å²) in [5.74, 6) is -0.523. The van der Waals surface area contributed by atoms with Gasteiger partial charge in [0.2, 0.25) is 0 Å². The van der Waals surface area contributed by atoms with E-state index in [-0.39, 0.29) is 11.8 Å². The van der Waals surface area contributed by atoms with E-state index in [9.17, 15) is 9.59 Å². The van der Waals surface area contributed by atoms with Crippen LogP contribution in [0, 0.1) is 0 Å². The molecule has 3 heteroatoms. The van der Waals surface area contributed by atoms with Gasteiger partial charge in [-0.2, -0.15) is 0 Å². The Labute approximate surface area is 101 Å². The summed E-state index contributed by atoms with van der Waals surface area (Å²) >= 11 is 0. The van der Waals surface area contributed by atoms with Crippen molar-refractivity contribution in [3.63, 3.8) is 0 Å². The molecule has 0 saturated heterocycles. The maximum Gasteiger partial charge on any atom is 0.258 e. The first-order chi connectivity index (χ1) is 8.22. The topological polar surface area (TPSA) is 37.4 Å². The molecule has 0 radical (unpaired) electrons. The van der Waals surface area contributed by atoms with E-state index in [1.807, 2.05) is 18.2 Å². The highest BCUT2D eigenvalue weighted by Gasteiger charge is 2.24. The molecule has 0 bridgehead atoms. The fourth-order valence-corrected chi connectivity index (χ4v) is 1.89. The maximum absolute atomic E-state index is 11.5. The van der Waals surface area contributed by atoms with Crippen molar-refractivity contribution >= 4 is 17.5 Å². The van der Waals surface area contributed by atoms with E-state index in [1.54, 1.807) is 6.07 Å². The lowest BCUT2D eigenvalue weighted by Crippen LogP contribution is -2.29. The number of amides is 2. The summed E-state index contributed by atoms with van der Waals surface area (Å²) in [6.45, 7) is 2.14. The number of carbonyl (C=O) groups is 2. The Morgan fingerprint density at radius 3 is 2.47 bits per heavy atom. The van der Waals surface area contributed by atoms with Crippen molar-refractivity contribution in [1.82, 2.24) is 0 Å². The van der Waals surface area contributed by atoms with Gasteiger partial charge in [-0.1, -0.05) is 25.5 Å². The second-order valence-corrected chi connectivity index (χ2v) is 4.12. The van der Waals surface area contributed by atoms with Gasteiger partial charge >= 0.3 is 0 Å². The molecule has 2 rings (SSSR count). The monoisotopic (exact) mass is 229 g/mol. The van der Waals surface area contributed by atoms with E-state index < -0.39 is 0 Å². The van der Waals surface area contributed by atoms with Gasteiger partial charge in [-0.05, 0) is 30.5 Å². The van der Waals surface area contributed by atoms with Gasteiger partial charge in [0.15, 0.2) is 0 Å². The van der Waals surface area contributed by atoms with Gasteiger partial charge in [0.25, 0.3) is 11.8 Å². The fourth-order valence-electron chi connectivity index (χ4n) is 1.89. The van der Waals surface area contributed by atoms with Gasteiger partial charge in [0, 0.05) is 12.2 Å². The molecule has 1 aliphatic rings. The van der Waals surface area contributed by atoms with Crippen molar-refractivity contribution in [3.8, 4) is 0 Å². The lowest BCUT2D eigenvalue weighted by molar-refractivity contribution is -0.119. The molecule has 0 saturated carbocycles. The molecule has 0 aliphatic carbocycles. The molecule has 1 aromatic rings. The third kappa shape index (κ3) is 2.44. The number of hydrogen-bond acceptors (Lipinski definition) is 2. The number of benzene rings is 1. The number of rotatable bonds is 4. The lowest BCUT2D eigenvalue weighted by Gasteiger charge is -2.14. The molecular weight excluding hydrogens is 214 g/mol. The van der Waals surface area contributed by atoms with E-state index in [0.29, 0.717) is 5.69 Å². The van der Waals surface area contributed by atoms with Gasteiger partial charge < -0.3 is 0 Å². The summed E-state index contributed by atoms with van der Waals surface area (Å²) in [6, 6.07) is 7.62. The van der Waals surface area contributed by atoms with E-state index >= 15 is 0 Å². The van der Waals surface area contributed by atoms with Gasteiger partial charge in [-0.15, -0.1) is 0 Å². The molecule has 0 aromatic heterocycles. The molecule has 0 spiro atoms. The smallest absolute Gasteiger partial charge is 0.258 e. The van der Waals surface area contributed by atoms with E-state index in [2.05, 4.69) is 6.92 Å². The number of nitrogens with zero attached hydrogens (tertiary/aromatic N) is 1. The predicted molar refractivity (Wildman–Crippen MR) is 66.7 cm³/mol. The summed E-state index contributed by atoms with van der Waals surface area (Å²) in [6.07, 6.45) is 5.84. The number of carbonyl (C=O) groups excluding carboxylic acids is 2. The van der Waals surface area contributed by atoms with Crippen molar-refractivity contribution in [2.24, 2.45) is 0 Å². The van der Waals surface area contributed by atoms with Crippen molar-refractivity contribution in [1.29, 1.82) is 0 Å². The van der Waals surface area contributed by atoms with Crippen LogP contribution >= 0.6 is 0 Å². The maximum atomic E-state index is 11.5. The first-order valence-corrected chi connectivity index (χ1v) is 5.87. The highest BCUT2D eigenvalue weighted by atomic mass is 16.2. The van der Waals surface area contributed by atoms with E-state index in [4.69, 9.17) is 0 Å². The molecule has 2 amide bonds. The standard InChI is InChI=1S/C14H15NO2/c1-2-3-5-11-6-4-7-12(10-11)15-13(16)8-9-14(15)17/h4,6-10H,2-3,5H2,1H3. The summed E-state index contributed by atoms with van der Waals surface area (Å²) in [5.41, 5.74) is 1.83. The average Bonchev–Trinajstić information content (AvgIpc) is 2.67. The summed E-state index contributed by atoms with van der Waals surface area (Å²) in [4.78, 5) is 24.3. The molecule has 0 fully saturated rings. The molecule has 3 nitrogen and oxygen atoms in total. The number of anilines is 1. The summed E-state index contributed by atoms with van der Waals surface area (Å²) < 4.78 is 0. The van der Waals surface area contributed by atoms with Crippen LogP contribution in [0.25, 0.3) is 0 Å².